The smallest absolute Gasteiger partial charge is 0.342 e. The standard InChI is InChI=1S/C21H26N4O3/c1-2-22-21(28)25-18(13-5-3-4-6-13)12-17(24-25)16-11-15(9-10-19(16)26)23-20(27)14-7-8-14/h9-14,26H,2-8H2,1H3,(H,22,28)(H,23,27). The van der Waals surface area contributed by atoms with Gasteiger partial charge in [0.15, 0.2) is 0 Å². The van der Waals surface area contributed by atoms with E-state index in [0.29, 0.717) is 29.4 Å². The van der Waals surface area contributed by atoms with Crippen LogP contribution in [-0.4, -0.2) is 33.4 Å². The predicted octanol–water partition coefficient (Wildman–Crippen LogP) is 3.84. The fraction of sp³-hybridized carbons (Fsp3) is 0.476. The first-order valence-corrected chi connectivity index (χ1v) is 10.1. The Morgan fingerprint density at radius 3 is 2.61 bits per heavy atom. The molecule has 0 saturated heterocycles. The molecule has 3 N–H and O–H groups in total. The van der Waals surface area contributed by atoms with Crippen molar-refractivity contribution in [1.82, 2.24) is 15.1 Å². The highest BCUT2D eigenvalue weighted by Crippen LogP contribution is 2.38. The predicted molar refractivity (Wildman–Crippen MR) is 106 cm³/mol. The van der Waals surface area contributed by atoms with Crippen molar-refractivity contribution in [3.63, 3.8) is 0 Å². The van der Waals surface area contributed by atoms with Crippen LogP contribution >= 0.6 is 0 Å². The first-order chi connectivity index (χ1) is 13.6. The Labute approximate surface area is 164 Å². The Morgan fingerprint density at radius 2 is 1.93 bits per heavy atom. The number of carbonyl (C=O) groups excluding carboxylic acids is 2. The summed E-state index contributed by atoms with van der Waals surface area (Å²) in [6, 6.07) is 6.59. The van der Waals surface area contributed by atoms with Crippen LogP contribution in [0.4, 0.5) is 10.5 Å². The van der Waals surface area contributed by atoms with Crippen LogP contribution in [0.3, 0.4) is 0 Å². The molecule has 28 heavy (non-hydrogen) atoms. The minimum atomic E-state index is -0.256. The summed E-state index contributed by atoms with van der Waals surface area (Å²) in [7, 11) is 0. The Hall–Kier alpha value is -2.83. The summed E-state index contributed by atoms with van der Waals surface area (Å²) < 4.78 is 1.43. The second-order valence-electron chi connectivity index (χ2n) is 7.68. The maximum atomic E-state index is 12.5. The summed E-state index contributed by atoms with van der Waals surface area (Å²) >= 11 is 0. The topological polar surface area (TPSA) is 96.3 Å². The highest BCUT2D eigenvalue weighted by atomic mass is 16.3. The molecule has 0 unspecified atom stereocenters. The number of rotatable bonds is 5. The van der Waals surface area contributed by atoms with Crippen molar-refractivity contribution < 1.29 is 14.7 Å². The minimum Gasteiger partial charge on any atom is -0.507 e. The minimum absolute atomic E-state index is 0.0103. The Bertz CT molecular complexity index is 895. The van der Waals surface area contributed by atoms with E-state index in [1.54, 1.807) is 18.2 Å². The molecule has 2 aliphatic carbocycles. The van der Waals surface area contributed by atoms with Gasteiger partial charge in [-0.05, 0) is 56.9 Å². The summed E-state index contributed by atoms with van der Waals surface area (Å²) in [4.78, 5) is 24.6. The number of phenols is 1. The number of carbonyl (C=O) groups is 2. The lowest BCUT2D eigenvalue weighted by Crippen LogP contribution is -2.30. The van der Waals surface area contributed by atoms with E-state index in [1.807, 2.05) is 13.0 Å². The van der Waals surface area contributed by atoms with Gasteiger partial charge in [0.05, 0.1) is 11.4 Å². The van der Waals surface area contributed by atoms with Crippen LogP contribution in [0.2, 0.25) is 0 Å². The van der Waals surface area contributed by atoms with Crippen LogP contribution in [0.25, 0.3) is 11.3 Å². The number of aromatic hydroxyl groups is 1. The number of nitrogens with one attached hydrogen (secondary N) is 2. The number of amides is 2. The second kappa shape index (κ2) is 7.66. The van der Waals surface area contributed by atoms with Crippen LogP contribution in [0.15, 0.2) is 24.3 Å². The summed E-state index contributed by atoms with van der Waals surface area (Å²) in [6.45, 7) is 2.39. The molecular weight excluding hydrogens is 356 g/mol. The van der Waals surface area contributed by atoms with Crippen molar-refractivity contribution in [2.24, 2.45) is 5.92 Å². The fourth-order valence-corrected chi connectivity index (χ4v) is 3.84. The van der Waals surface area contributed by atoms with E-state index >= 15 is 0 Å². The summed E-state index contributed by atoms with van der Waals surface area (Å²) in [5, 5.41) is 20.6. The van der Waals surface area contributed by atoms with E-state index < -0.39 is 0 Å². The number of aromatic nitrogens is 2. The van der Waals surface area contributed by atoms with Crippen LogP contribution in [0.1, 0.15) is 57.1 Å². The van der Waals surface area contributed by atoms with Crippen molar-refractivity contribution in [1.29, 1.82) is 0 Å². The lowest BCUT2D eigenvalue weighted by molar-refractivity contribution is -0.117. The molecule has 2 amide bonds. The van der Waals surface area contributed by atoms with Gasteiger partial charge in [0, 0.05) is 29.6 Å². The molecule has 1 aromatic heterocycles. The number of hydrogen-bond acceptors (Lipinski definition) is 4. The number of anilines is 1. The average molecular weight is 382 g/mol. The molecule has 2 aliphatic rings. The first kappa shape index (κ1) is 18.5. The van der Waals surface area contributed by atoms with Gasteiger partial charge < -0.3 is 15.7 Å². The van der Waals surface area contributed by atoms with E-state index in [9.17, 15) is 14.7 Å². The summed E-state index contributed by atoms with van der Waals surface area (Å²) in [5.74, 6) is 0.478. The molecule has 0 spiro atoms. The van der Waals surface area contributed by atoms with Gasteiger partial charge in [-0.25, -0.2) is 4.79 Å². The zero-order valence-corrected chi connectivity index (χ0v) is 16.1. The number of hydrogen-bond donors (Lipinski definition) is 3. The normalized spacial score (nSPS) is 16.9. The van der Waals surface area contributed by atoms with E-state index in [-0.39, 0.29) is 23.6 Å². The number of phenolic OH excluding ortho intramolecular Hbond substituents is 1. The van der Waals surface area contributed by atoms with Crippen LogP contribution in [0.5, 0.6) is 5.75 Å². The highest BCUT2D eigenvalue weighted by Gasteiger charge is 2.30. The summed E-state index contributed by atoms with van der Waals surface area (Å²) in [6.07, 6.45) is 6.22. The van der Waals surface area contributed by atoms with E-state index in [0.717, 1.165) is 44.2 Å². The average Bonchev–Trinajstić information content (AvgIpc) is 3.22. The maximum absolute atomic E-state index is 12.5. The molecule has 0 radical (unpaired) electrons. The van der Waals surface area contributed by atoms with Crippen molar-refractivity contribution in [2.45, 2.75) is 51.4 Å². The molecule has 0 bridgehead atoms. The van der Waals surface area contributed by atoms with Gasteiger partial charge in [-0.15, -0.1) is 0 Å². The van der Waals surface area contributed by atoms with Gasteiger partial charge in [0.25, 0.3) is 0 Å². The SMILES string of the molecule is CCNC(=O)n1nc(-c2cc(NC(=O)C3CC3)ccc2O)cc1C1CCCC1. The molecule has 1 heterocycles. The van der Waals surface area contributed by atoms with Gasteiger partial charge in [-0.2, -0.15) is 9.78 Å². The highest BCUT2D eigenvalue weighted by molar-refractivity contribution is 5.95. The third kappa shape index (κ3) is 3.74. The Kier molecular flexibility index (Phi) is 5.07. The maximum Gasteiger partial charge on any atom is 0.342 e. The van der Waals surface area contributed by atoms with Gasteiger partial charge in [0.1, 0.15) is 5.75 Å². The van der Waals surface area contributed by atoms with E-state index in [4.69, 9.17) is 0 Å². The molecule has 7 heteroatoms. The van der Waals surface area contributed by atoms with Crippen molar-refractivity contribution in [3.05, 3.63) is 30.0 Å². The zero-order valence-electron chi connectivity index (χ0n) is 16.1. The fourth-order valence-electron chi connectivity index (χ4n) is 3.84. The van der Waals surface area contributed by atoms with Gasteiger partial charge in [-0.3, -0.25) is 4.79 Å². The van der Waals surface area contributed by atoms with E-state index in [1.165, 1.54) is 4.68 Å². The lowest BCUT2D eigenvalue weighted by Gasteiger charge is -2.11. The number of benzene rings is 1. The van der Waals surface area contributed by atoms with Crippen molar-refractivity contribution in [3.8, 4) is 17.0 Å². The molecule has 7 nitrogen and oxygen atoms in total. The molecule has 0 aliphatic heterocycles. The van der Waals surface area contributed by atoms with Crippen LogP contribution in [-0.2, 0) is 4.79 Å². The van der Waals surface area contributed by atoms with Gasteiger partial charge in [-0.1, -0.05) is 12.8 Å². The van der Waals surface area contributed by atoms with Gasteiger partial charge in [0.2, 0.25) is 5.91 Å². The molecule has 2 saturated carbocycles. The molecule has 1 aromatic carbocycles. The Morgan fingerprint density at radius 1 is 1.18 bits per heavy atom. The molecule has 0 atom stereocenters. The van der Waals surface area contributed by atoms with E-state index in [2.05, 4.69) is 15.7 Å². The quantitative estimate of drug-likeness (QED) is 0.685. The number of nitrogens with zero attached hydrogens (tertiary/aromatic N) is 2. The molecule has 2 fully saturated rings. The van der Waals surface area contributed by atoms with Gasteiger partial charge >= 0.3 is 6.03 Å². The molecule has 4 rings (SSSR count). The summed E-state index contributed by atoms with van der Waals surface area (Å²) in [5.41, 5.74) is 2.55. The molecule has 2 aromatic rings. The lowest BCUT2D eigenvalue weighted by atomic mass is 10.0. The largest absolute Gasteiger partial charge is 0.507 e. The van der Waals surface area contributed by atoms with Crippen molar-refractivity contribution >= 4 is 17.6 Å². The van der Waals surface area contributed by atoms with Crippen molar-refractivity contribution in [2.75, 3.05) is 11.9 Å². The Balaban J connectivity index is 1.68. The second-order valence-corrected chi connectivity index (χ2v) is 7.68. The first-order valence-electron chi connectivity index (χ1n) is 10.1. The monoisotopic (exact) mass is 382 g/mol. The molecule has 148 valence electrons. The van der Waals surface area contributed by atoms with Crippen LogP contribution < -0.4 is 10.6 Å². The van der Waals surface area contributed by atoms with Crippen LogP contribution in [0, 0.1) is 5.92 Å². The zero-order chi connectivity index (χ0) is 19.7. The molecular formula is C21H26N4O3. The third-order valence-corrected chi connectivity index (χ3v) is 5.52. The third-order valence-electron chi connectivity index (χ3n) is 5.52.